The molecule has 0 aliphatic carbocycles. The van der Waals surface area contributed by atoms with Crippen LogP contribution in [-0.4, -0.2) is 65.2 Å². The van der Waals surface area contributed by atoms with E-state index in [1.54, 1.807) is 6.07 Å². The number of aliphatic imine (C=N–C) groups is 1. The summed E-state index contributed by atoms with van der Waals surface area (Å²) in [5.41, 5.74) is 1.98. The normalized spacial score (nSPS) is 16.0. The van der Waals surface area contributed by atoms with Gasteiger partial charge in [-0.3, -0.25) is 9.20 Å². The quantitative estimate of drug-likeness (QED) is 0.538. The molecule has 1 heterocycles. The molecule has 1 atom stereocenters. The first-order valence-corrected chi connectivity index (χ1v) is 11.6. The Morgan fingerprint density at radius 3 is 2.45 bits per heavy atom. The van der Waals surface area contributed by atoms with Gasteiger partial charge in [0.15, 0.2) is 5.96 Å². The van der Waals surface area contributed by atoms with Gasteiger partial charge in [0.1, 0.15) is 5.75 Å². The summed E-state index contributed by atoms with van der Waals surface area (Å²) in [6, 6.07) is 17.4. The fraction of sp³-hybridized carbons (Fsp3) is 0.409. The smallest absolute Gasteiger partial charge is 0.194 e. The van der Waals surface area contributed by atoms with Gasteiger partial charge in [-0.15, -0.1) is 0 Å². The van der Waals surface area contributed by atoms with Crippen LogP contribution in [0.5, 0.6) is 5.75 Å². The molecule has 3 rings (SSSR count). The van der Waals surface area contributed by atoms with Crippen LogP contribution in [0.15, 0.2) is 59.6 Å². The first-order valence-electron chi connectivity index (χ1n) is 10.1. The number of phenols is 1. The van der Waals surface area contributed by atoms with Crippen molar-refractivity contribution in [2.45, 2.75) is 12.7 Å². The first-order chi connectivity index (χ1) is 14.2. The standard InChI is InChI=1S/C22H30N4O2S/c1-2-23-22(24-12-17-29(28)18-19-8-4-3-5-9-19)26-15-13-25(14-16-26)20-10-6-7-11-21(20)27/h3-11,27H,2,12-18H2,1H3,(H,23,24). The number of aromatic hydroxyl groups is 1. The third kappa shape index (κ3) is 6.22. The summed E-state index contributed by atoms with van der Waals surface area (Å²) in [6.45, 7) is 6.69. The van der Waals surface area contributed by atoms with Gasteiger partial charge in [-0.1, -0.05) is 42.5 Å². The summed E-state index contributed by atoms with van der Waals surface area (Å²) in [4.78, 5) is 9.14. The molecule has 6 nitrogen and oxygen atoms in total. The zero-order chi connectivity index (χ0) is 20.5. The Labute approximate surface area is 175 Å². The summed E-state index contributed by atoms with van der Waals surface area (Å²) >= 11 is 0. The Bertz CT molecular complexity index is 821. The number of phenolic OH excluding ortho intramolecular Hbond substituents is 1. The summed E-state index contributed by atoms with van der Waals surface area (Å²) < 4.78 is 12.3. The lowest BCUT2D eigenvalue weighted by atomic mass is 10.2. The van der Waals surface area contributed by atoms with Crippen LogP contribution in [0.25, 0.3) is 0 Å². The van der Waals surface area contributed by atoms with Crippen molar-refractivity contribution in [3.05, 3.63) is 60.2 Å². The topological polar surface area (TPSA) is 68.2 Å². The minimum atomic E-state index is -0.919. The van der Waals surface area contributed by atoms with Crippen LogP contribution in [0.2, 0.25) is 0 Å². The van der Waals surface area contributed by atoms with E-state index < -0.39 is 10.8 Å². The minimum Gasteiger partial charge on any atom is -0.506 e. The lowest BCUT2D eigenvalue weighted by molar-refractivity contribution is 0.370. The van der Waals surface area contributed by atoms with Gasteiger partial charge in [-0.2, -0.15) is 0 Å². The molecule has 1 aliphatic heterocycles. The van der Waals surface area contributed by atoms with Gasteiger partial charge in [0.25, 0.3) is 0 Å². The van der Waals surface area contributed by atoms with Crippen molar-refractivity contribution in [1.29, 1.82) is 0 Å². The number of piperazine rings is 1. The van der Waals surface area contributed by atoms with Crippen LogP contribution in [0.3, 0.4) is 0 Å². The average molecular weight is 415 g/mol. The fourth-order valence-corrected chi connectivity index (χ4v) is 4.41. The van der Waals surface area contributed by atoms with E-state index in [2.05, 4.69) is 22.0 Å². The average Bonchev–Trinajstić information content (AvgIpc) is 2.74. The maximum absolute atomic E-state index is 12.3. The molecule has 29 heavy (non-hydrogen) atoms. The van der Waals surface area contributed by atoms with Gasteiger partial charge in [0.05, 0.1) is 12.2 Å². The lowest BCUT2D eigenvalue weighted by Gasteiger charge is -2.37. The van der Waals surface area contributed by atoms with Crippen LogP contribution in [0, 0.1) is 0 Å². The molecule has 2 aromatic carbocycles. The summed E-state index contributed by atoms with van der Waals surface area (Å²) in [7, 11) is -0.919. The molecule has 2 N–H and O–H groups in total. The Balaban J connectivity index is 1.51. The predicted molar refractivity (Wildman–Crippen MR) is 121 cm³/mol. The number of para-hydroxylation sites is 2. The largest absolute Gasteiger partial charge is 0.506 e. The van der Waals surface area contributed by atoms with Crippen molar-refractivity contribution in [1.82, 2.24) is 10.2 Å². The van der Waals surface area contributed by atoms with Gasteiger partial charge in [0, 0.05) is 55.0 Å². The monoisotopic (exact) mass is 414 g/mol. The Kier molecular flexibility index (Phi) is 7.93. The Hall–Kier alpha value is -2.54. The van der Waals surface area contributed by atoms with E-state index in [0.29, 0.717) is 23.8 Å². The molecule has 2 aromatic rings. The summed E-state index contributed by atoms with van der Waals surface area (Å²) in [5.74, 6) is 2.33. The van der Waals surface area contributed by atoms with Gasteiger partial charge < -0.3 is 20.2 Å². The van der Waals surface area contributed by atoms with Crippen LogP contribution in [0.1, 0.15) is 12.5 Å². The van der Waals surface area contributed by atoms with Gasteiger partial charge in [-0.05, 0) is 24.6 Å². The highest BCUT2D eigenvalue weighted by Crippen LogP contribution is 2.27. The highest BCUT2D eigenvalue weighted by Gasteiger charge is 2.21. The van der Waals surface area contributed by atoms with E-state index in [0.717, 1.165) is 49.9 Å². The molecule has 0 radical (unpaired) electrons. The molecule has 0 saturated carbocycles. The maximum Gasteiger partial charge on any atom is 0.194 e. The molecular weight excluding hydrogens is 384 g/mol. The van der Waals surface area contributed by atoms with Crippen molar-refractivity contribution >= 4 is 22.4 Å². The Morgan fingerprint density at radius 2 is 1.76 bits per heavy atom. The molecule has 1 aliphatic rings. The molecule has 0 aromatic heterocycles. The van der Waals surface area contributed by atoms with Crippen LogP contribution >= 0.6 is 0 Å². The molecule has 7 heteroatoms. The highest BCUT2D eigenvalue weighted by molar-refractivity contribution is 7.84. The van der Waals surface area contributed by atoms with Crippen molar-refractivity contribution in [3.8, 4) is 5.75 Å². The van der Waals surface area contributed by atoms with E-state index in [1.165, 1.54) is 0 Å². The van der Waals surface area contributed by atoms with Gasteiger partial charge in [0.2, 0.25) is 0 Å². The summed E-state index contributed by atoms with van der Waals surface area (Å²) in [5, 5.41) is 13.4. The molecule has 0 spiro atoms. The minimum absolute atomic E-state index is 0.322. The number of guanidine groups is 1. The van der Waals surface area contributed by atoms with E-state index in [9.17, 15) is 9.32 Å². The van der Waals surface area contributed by atoms with Gasteiger partial charge >= 0.3 is 0 Å². The SMILES string of the molecule is CCNC(=NCCS(=O)Cc1ccccc1)N1CCN(c2ccccc2O)CC1. The number of rotatable bonds is 7. The number of anilines is 1. The molecule has 1 fully saturated rings. The highest BCUT2D eigenvalue weighted by atomic mass is 32.2. The molecular formula is C22H30N4O2S. The van der Waals surface area contributed by atoms with Crippen LogP contribution in [0.4, 0.5) is 5.69 Å². The van der Waals surface area contributed by atoms with Crippen molar-refractivity contribution < 1.29 is 9.32 Å². The van der Waals surface area contributed by atoms with E-state index in [-0.39, 0.29) is 0 Å². The molecule has 1 saturated heterocycles. The molecule has 0 bridgehead atoms. The second kappa shape index (κ2) is 10.9. The molecule has 156 valence electrons. The van der Waals surface area contributed by atoms with E-state index >= 15 is 0 Å². The van der Waals surface area contributed by atoms with Crippen molar-refractivity contribution in [3.63, 3.8) is 0 Å². The van der Waals surface area contributed by atoms with Crippen LogP contribution in [-0.2, 0) is 16.6 Å². The molecule has 0 amide bonds. The number of hydrogen-bond donors (Lipinski definition) is 2. The number of benzene rings is 2. The summed E-state index contributed by atoms with van der Waals surface area (Å²) in [6.07, 6.45) is 0. The third-order valence-electron chi connectivity index (χ3n) is 4.89. The second-order valence-electron chi connectivity index (χ2n) is 6.97. The third-order valence-corrected chi connectivity index (χ3v) is 6.18. The van der Waals surface area contributed by atoms with Crippen molar-refractivity contribution in [2.75, 3.05) is 49.9 Å². The zero-order valence-corrected chi connectivity index (χ0v) is 17.8. The number of hydrogen-bond acceptors (Lipinski definition) is 4. The van der Waals surface area contributed by atoms with Gasteiger partial charge in [-0.25, -0.2) is 0 Å². The van der Waals surface area contributed by atoms with Crippen molar-refractivity contribution in [2.24, 2.45) is 4.99 Å². The number of nitrogens with zero attached hydrogens (tertiary/aromatic N) is 3. The first kappa shape index (κ1) is 21.2. The Morgan fingerprint density at radius 1 is 1.07 bits per heavy atom. The second-order valence-corrected chi connectivity index (χ2v) is 8.55. The maximum atomic E-state index is 12.3. The zero-order valence-electron chi connectivity index (χ0n) is 17.0. The van der Waals surface area contributed by atoms with E-state index in [1.807, 2.05) is 48.5 Å². The fourth-order valence-electron chi connectivity index (χ4n) is 3.40. The van der Waals surface area contributed by atoms with Crippen LogP contribution < -0.4 is 10.2 Å². The number of nitrogens with one attached hydrogen (secondary N) is 1. The molecule has 1 unspecified atom stereocenters. The lowest BCUT2D eigenvalue weighted by Crippen LogP contribution is -2.52. The predicted octanol–water partition coefficient (Wildman–Crippen LogP) is 2.43. The van der Waals surface area contributed by atoms with E-state index in [4.69, 9.17) is 4.99 Å².